The van der Waals surface area contributed by atoms with Crippen LogP contribution in [0.5, 0.6) is 0 Å². The Labute approximate surface area is 132 Å². The number of aryl methyl sites for hydroxylation is 1. The Bertz CT molecular complexity index is 706. The highest BCUT2D eigenvalue weighted by molar-refractivity contribution is 7.07. The normalized spacial score (nSPS) is 16.8. The van der Waals surface area contributed by atoms with Crippen LogP contribution in [0, 0.1) is 6.92 Å². The van der Waals surface area contributed by atoms with Gasteiger partial charge in [0.05, 0.1) is 5.69 Å². The first-order chi connectivity index (χ1) is 10.9. The standard InChI is InChI=1S/C12H12F3N5O2S/c1-6-8(23-19-16-6)10(21)20-4-2-7(3-5-20)9-17-18-11(22-9)12(13,14)15/h7H,2-5H2,1H3. The Balaban J connectivity index is 1.63. The van der Waals surface area contributed by atoms with Crippen LogP contribution in [0.25, 0.3) is 0 Å². The number of carbonyl (C=O) groups excluding carboxylic acids is 1. The zero-order chi connectivity index (χ0) is 16.6. The second-order valence-corrected chi connectivity index (χ2v) is 5.95. The molecule has 0 atom stereocenters. The number of alkyl halides is 3. The summed E-state index contributed by atoms with van der Waals surface area (Å²) < 4.78 is 45.9. The number of amides is 1. The van der Waals surface area contributed by atoms with E-state index in [0.717, 1.165) is 11.5 Å². The summed E-state index contributed by atoms with van der Waals surface area (Å²) in [5.41, 5.74) is 0.578. The average molecular weight is 347 g/mol. The van der Waals surface area contributed by atoms with Crippen molar-refractivity contribution in [2.24, 2.45) is 0 Å². The minimum Gasteiger partial charge on any atom is -0.417 e. The second kappa shape index (κ2) is 5.87. The van der Waals surface area contributed by atoms with Gasteiger partial charge in [-0.05, 0) is 31.3 Å². The number of carbonyl (C=O) groups is 1. The fraction of sp³-hybridized carbons (Fsp3) is 0.583. The number of aromatic nitrogens is 4. The largest absolute Gasteiger partial charge is 0.470 e. The van der Waals surface area contributed by atoms with E-state index in [1.54, 1.807) is 11.8 Å². The number of hydrogen-bond acceptors (Lipinski definition) is 7. The van der Waals surface area contributed by atoms with Crippen molar-refractivity contribution >= 4 is 17.4 Å². The lowest BCUT2D eigenvalue weighted by Gasteiger charge is -2.30. The molecule has 0 N–H and O–H groups in total. The lowest BCUT2D eigenvalue weighted by atomic mass is 9.96. The SMILES string of the molecule is Cc1nnsc1C(=O)N1CCC(c2nnc(C(F)(F)F)o2)CC1. The Morgan fingerprint density at radius 2 is 1.96 bits per heavy atom. The lowest BCUT2D eigenvalue weighted by Crippen LogP contribution is -2.37. The number of hydrogen-bond donors (Lipinski definition) is 0. The molecule has 1 amide bonds. The van der Waals surface area contributed by atoms with Crippen molar-refractivity contribution in [2.45, 2.75) is 31.9 Å². The van der Waals surface area contributed by atoms with Gasteiger partial charge >= 0.3 is 12.1 Å². The Morgan fingerprint density at radius 1 is 1.26 bits per heavy atom. The third kappa shape index (κ3) is 3.19. The molecule has 0 radical (unpaired) electrons. The predicted molar refractivity (Wildman–Crippen MR) is 71.8 cm³/mol. The van der Waals surface area contributed by atoms with Gasteiger partial charge in [0.15, 0.2) is 0 Å². The fourth-order valence-electron chi connectivity index (χ4n) is 2.41. The predicted octanol–water partition coefficient (Wildman–Crippen LogP) is 2.27. The molecule has 2 aromatic rings. The van der Waals surface area contributed by atoms with Gasteiger partial charge in [0.2, 0.25) is 5.89 Å². The van der Waals surface area contributed by atoms with Crippen LogP contribution in [-0.2, 0) is 6.18 Å². The van der Waals surface area contributed by atoms with Crippen LogP contribution in [0.15, 0.2) is 4.42 Å². The van der Waals surface area contributed by atoms with Crippen LogP contribution in [0.4, 0.5) is 13.2 Å². The Hall–Kier alpha value is -2.04. The lowest BCUT2D eigenvalue weighted by molar-refractivity contribution is -0.157. The zero-order valence-electron chi connectivity index (χ0n) is 12.0. The van der Waals surface area contributed by atoms with E-state index in [1.807, 2.05) is 0 Å². The van der Waals surface area contributed by atoms with Crippen LogP contribution in [0.2, 0.25) is 0 Å². The van der Waals surface area contributed by atoms with Gasteiger partial charge in [0.1, 0.15) is 4.88 Å². The monoisotopic (exact) mass is 347 g/mol. The molecule has 11 heteroatoms. The van der Waals surface area contributed by atoms with Gasteiger partial charge in [-0.15, -0.1) is 15.3 Å². The van der Waals surface area contributed by atoms with E-state index in [9.17, 15) is 18.0 Å². The molecule has 124 valence electrons. The molecule has 1 aliphatic rings. The molecule has 0 aromatic carbocycles. The molecule has 0 spiro atoms. The molecule has 3 rings (SSSR count). The number of halogens is 3. The summed E-state index contributed by atoms with van der Waals surface area (Å²) in [7, 11) is 0. The van der Waals surface area contributed by atoms with Crippen molar-refractivity contribution in [2.75, 3.05) is 13.1 Å². The fourth-order valence-corrected chi connectivity index (χ4v) is 3.04. The van der Waals surface area contributed by atoms with Crippen LogP contribution in [-0.4, -0.2) is 43.7 Å². The minimum absolute atomic E-state index is 0.0277. The van der Waals surface area contributed by atoms with E-state index in [-0.39, 0.29) is 17.7 Å². The topological polar surface area (TPSA) is 85.0 Å². The van der Waals surface area contributed by atoms with Crippen molar-refractivity contribution in [1.29, 1.82) is 0 Å². The van der Waals surface area contributed by atoms with Gasteiger partial charge in [-0.25, -0.2) is 0 Å². The quantitative estimate of drug-likeness (QED) is 0.828. The highest BCUT2D eigenvalue weighted by Crippen LogP contribution is 2.32. The van der Waals surface area contributed by atoms with Gasteiger partial charge in [-0.2, -0.15) is 13.2 Å². The molecule has 0 saturated carbocycles. The molecule has 0 unspecified atom stereocenters. The van der Waals surface area contributed by atoms with E-state index in [2.05, 4.69) is 19.8 Å². The van der Waals surface area contributed by atoms with Crippen molar-refractivity contribution in [3.8, 4) is 0 Å². The molecule has 0 bridgehead atoms. The summed E-state index contributed by atoms with van der Waals surface area (Å²) >= 11 is 1.04. The smallest absolute Gasteiger partial charge is 0.417 e. The van der Waals surface area contributed by atoms with E-state index >= 15 is 0 Å². The first kappa shape index (κ1) is 15.8. The van der Waals surface area contributed by atoms with Crippen LogP contribution >= 0.6 is 11.5 Å². The first-order valence-corrected chi connectivity index (χ1v) is 7.62. The summed E-state index contributed by atoms with van der Waals surface area (Å²) in [6.45, 7) is 2.52. The molecular formula is C12H12F3N5O2S. The maximum absolute atomic E-state index is 12.5. The Morgan fingerprint density at radius 3 is 2.48 bits per heavy atom. The summed E-state index contributed by atoms with van der Waals surface area (Å²) in [5.74, 6) is -1.79. The summed E-state index contributed by atoms with van der Waals surface area (Å²) in [5, 5.41) is 10.3. The third-order valence-electron chi connectivity index (χ3n) is 3.66. The average Bonchev–Trinajstić information content (AvgIpc) is 3.15. The molecule has 2 aromatic heterocycles. The number of nitrogens with zero attached hydrogens (tertiary/aromatic N) is 5. The van der Waals surface area contributed by atoms with E-state index in [0.29, 0.717) is 36.5 Å². The summed E-state index contributed by atoms with van der Waals surface area (Å²) in [6, 6.07) is 0. The van der Waals surface area contributed by atoms with E-state index in [1.165, 1.54) is 0 Å². The highest BCUT2D eigenvalue weighted by atomic mass is 32.1. The molecule has 7 nitrogen and oxygen atoms in total. The van der Waals surface area contributed by atoms with Crippen molar-refractivity contribution in [3.05, 3.63) is 22.4 Å². The molecular weight excluding hydrogens is 335 g/mol. The maximum atomic E-state index is 12.5. The third-order valence-corrected chi connectivity index (χ3v) is 4.48. The second-order valence-electron chi connectivity index (χ2n) is 5.20. The number of rotatable bonds is 2. The van der Waals surface area contributed by atoms with Crippen LogP contribution in [0.1, 0.15) is 45.9 Å². The molecule has 3 heterocycles. The maximum Gasteiger partial charge on any atom is 0.470 e. The van der Waals surface area contributed by atoms with Gasteiger partial charge in [-0.1, -0.05) is 4.49 Å². The molecule has 23 heavy (non-hydrogen) atoms. The number of piperidine rings is 1. The van der Waals surface area contributed by atoms with Gasteiger partial charge in [-0.3, -0.25) is 4.79 Å². The molecule has 1 aliphatic heterocycles. The first-order valence-electron chi connectivity index (χ1n) is 6.85. The zero-order valence-corrected chi connectivity index (χ0v) is 12.8. The van der Waals surface area contributed by atoms with Crippen LogP contribution in [0.3, 0.4) is 0 Å². The molecule has 0 aliphatic carbocycles. The summed E-state index contributed by atoms with van der Waals surface area (Å²) in [6.07, 6.45) is -3.70. The molecule has 1 saturated heterocycles. The summed E-state index contributed by atoms with van der Waals surface area (Å²) in [4.78, 5) is 14.4. The van der Waals surface area contributed by atoms with Crippen molar-refractivity contribution < 1.29 is 22.4 Å². The molecule has 1 fully saturated rings. The van der Waals surface area contributed by atoms with Gasteiger partial charge in [0.25, 0.3) is 5.91 Å². The van der Waals surface area contributed by atoms with Gasteiger partial charge < -0.3 is 9.32 Å². The van der Waals surface area contributed by atoms with Crippen molar-refractivity contribution in [3.63, 3.8) is 0 Å². The van der Waals surface area contributed by atoms with E-state index < -0.39 is 12.1 Å². The number of likely N-dealkylation sites (tertiary alicyclic amines) is 1. The van der Waals surface area contributed by atoms with Crippen molar-refractivity contribution in [1.82, 2.24) is 24.7 Å². The Kier molecular flexibility index (Phi) is 4.04. The van der Waals surface area contributed by atoms with Gasteiger partial charge in [0, 0.05) is 19.0 Å². The minimum atomic E-state index is -4.64. The van der Waals surface area contributed by atoms with E-state index in [4.69, 9.17) is 4.42 Å². The van der Waals surface area contributed by atoms with Crippen LogP contribution < -0.4 is 0 Å². The highest BCUT2D eigenvalue weighted by Gasteiger charge is 2.39.